The number of nitrogens with one attached hydrogen (secondary N) is 1. The number of benzene rings is 2. The number of thioether (sulfide) groups is 1. The van der Waals surface area contributed by atoms with E-state index in [2.05, 4.69) is 5.43 Å². The molecular formula is C21H20N2O3S. The molecule has 3 rings (SSSR count). The van der Waals surface area contributed by atoms with Crippen LogP contribution >= 0.6 is 11.8 Å². The zero-order valence-electron chi connectivity index (χ0n) is 15.1. The molecule has 1 amide bonds. The van der Waals surface area contributed by atoms with Gasteiger partial charge in [-0.15, -0.1) is 11.8 Å². The summed E-state index contributed by atoms with van der Waals surface area (Å²) in [5, 5.41) is 9.32. The van der Waals surface area contributed by atoms with Gasteiger partial charge in [0.05, 0.1) is 5.75 Å². The summed E-state index contributed by atoms with van der Waals surface area (Å²) in [6, 6.07) is 17.5. The van der Waals surface area contributed by atoms with Crippen LogP contribution in [0.2, 0.25) is 0 Å². The van der Waals surface area contributed by atoms with Crippen LogP contribution in [-0.4, -0.2) is 27.2 Å². The summed E-state index contributed by atoms with van der Waals surface area (Å²) in [5.74, 6) is 0.237. The SMILES string of the molecule is Cc1cc(C(=O)CSc2ccc(O)cc2)c(C)n1NC(=O)c1ccccc1. The second-order valence-corrected chi connectivity index (χ2v) is 7.18. The van der Waals surface area contributed by atoms with Crippen LogP contribution in [0.1, 0.15) is 32.1 Å². The fourth-order valence-corrected chi connectivity index (χ4v) is 3.52. The molecule has 0 spiro atoms. The number of aromatic nitrogens is 1. The van der Waals surface area contributed by atoms with Crippen LogP contribution in [0, 0.1) is 13.8 Å². The van der Waals surface area contributed by atoms with E-state index in [-0.39, 0.29) is 23.2 Å². The average molecular weight is 380 g/mol. The number of aryl methyl sites for hydroxylation is 1. The number of hydrogen-bond acceptors (Lipinski definition) is 4. The average Bonchev–Trinajstić information content (AvgIpc) is 2.96. The van der Waals surface area contributed by atoms with Gasteiger partial charge in [0.1, 0.15) is 5.75 Å². The first kappa shape index (κ1) is 18.8. The van der Waals surface area contributed by atoms with Crippen molar-refractivity contribution in [3.05, 3.63) is 83.2 Å². The molecule has 5 nitrogen and oxygen atoms in total. The lowest BCUT2D eigenvalue weighted by Gasteiger charge is -2.11. The van der Waals surface area contributed by atoms with Gasteiger partial charge in [-0.05, 0) is 56.3 Å². The van der Waals surface area contributed by atoms with Gasteiger partial charge in [-0.2, -0.15) is 0 Å². The Morgan fingerprint density at radius 2 is 1.70 bits per heavy atom. The van der Waals surface area contributed by atoms with Gasteiger partial charge in [0.25, 0.3) is 5.91 Å². The number of Topliss-reactive ketones (excluding diaryl/α,β-unsaturated/α-hetero) is 1. The van der Waals surface area contributed by atoms with Crippen molar-refractivity contribution in [2.75, 3.05) is 11.2 Å². The van der Waals surface area contributed by atoms with Crippen molar-refractivity contribution in [1.82, 2.24) is 4.68 Å². The monoisotopic (exact) mass is 380 g/mol. The van der Waals surface area contributed by atoms with E-state index in [9.17, 15) is 14.7 Å². The lowest BCUT2D eigenvalue weighted by molar-refractivity contribution is 0.0999. The van der Waals surface area contributed by atoms with Gasteiger partial charge < -0.3 is 5.11 Å². The summed E-state index contributed by atoms with van der Waals surface area (Å²) in [6.07, 6.45) is 0. The summed E-state index contributed by atoms with van der Waals surface area (Å²) in [5.41, 5.74) is 5.48. The highest BCUT2D eigenvalue weighted by Gasteiger charge is 2.17. The maximum absolute atomic E-state index is 12.6. The number of amides is 1. The van der Waals surface area contributed by atoms with E-state index < -0.39 is 0 Å². The third-order valence-electron chi connectivity index (χ3n) is 4.19. The molecule has 0 aliphatic carbocycles. The van der Waals surface area contributed by atoms with Gasteiger partial charge in [0, 0.05) is 27.4 Å². The highest BCUT2D eigenvalue weighted by atomic mass is 32.2. The summed E-state index contributed by atoms with van der Waals surface area (Å²) in [6.45, 7) is 3.67. The lowest BCUT2D eigenvalue weighted by atomic mass is 10.2. The van der Waals surface area contributed by atoms with Crippen LogP contribution in [0.15, 0.2) is 65.6 Å². The third-order valence-corrected chi connectivity index (χ3v) is 5.20. The van der Waals surface area contributed by atoms with Crippen LogP contribution in [-0.2, 0) is 0 Å². The van der Waals surface area contributed by atoms with Gasteiger partial charge in [0.15, 0.2) is 5.78 Å². The zero-order valence-corrected chi connectivity index (χ0v) is 15.9. The Balaban J connectivity index is 1.71. The number of phenols is 1. The standard InChI is InChI=1S/C21H20N2O3S/c1-14-12-19(20(25)13-27-18-10-8-17(24)9-11-18)15(2)23(14)22-21(26)16-6-4-3-5-7-16/h3-12,24H,13H2,1-2H3,(H,22,26). The fourth-order valence-electron chi connectivity index (χ4n) is 2.74. The van der Waals surface area contributed by atoms with Gasteiger partial charge in [0.2, 0.25) is 0 Å². The molecule has 0 atom stereocenters. The minimum absolute atomic E-state index is 0.0126. The number of ketones is 1. The van der Waals surface area contributed by atoms with Crippen molar-refractivity contribution in [3.63, 3.8) is 0 Å². The lowest BCUT2D eigenvalue weighted by Crippen LogP contribution is -2.25. The second kappa shape index (κ2) is 8.14. The van der Waals surface area contributed by atoms with Crippen molar-refractivity contribution in [2.45, 2.75) is 18.7 Å². The molecule has 138 valence electrons. The molecule has 6 heteroatoms. The Hall–Kier alpha value is -2.99. The molecule has 0 unspecified atom stereocenters. The Morgan fingerprint density at radius 3 is 2.37 bits per heavy atom. The first-order valence-corrected chi connectivity index (χ1v) is 9.44. The van der Waals surface area contributed by atoms with E-state index >= 15 is 0 Å². The minimum Gasteiger partial charge on any atom is -0.508 e. The largest absolute Gasteiger partial charge is 0.508 e. The van der Waals surface area contributed by atoms with E-state index in [1.807, 2.05) is 19.9 Å². The van der Waals surface area contributed by atoms with Crippen molar-refractivity contribution >= 4 is 23.5 Å². The summed E-state index contributed by atoms with van der Waals surface area (Å²) in [7, 11) is 0. The van der Waals surface area contributed by atoms with Crippen molar-refractivity contribution < 1.29 is 14.7 Å². The number of phenolic OH excluding ortho intramolecular Hbond substituents is 1. The highest BCUT2D eigenvalue weighted by molar-refractivity contribution is 8.00. The van der Waals surface area contributed by atoms with E-state index in [1.54, 1.807) is 59.3 Å². The minimum atomic E-state index is -0.227. The molecule has 1 heterocycles. The summed E-state index contributed by atoms with van der Waals surface area (Å²) in [4.78, 5) is 25.9. The summed E-state index contributed by atoms with van der Waals surface area (Å²) >= 11 is 1.41. The van der Waals surface area contributed by atoms with Crippen molar-refractivity contribution in [3.8, 4) is 5.75 Å². The topological polar surface area (TPSA) is 71.3 Å². The predicted molar refractivity (Wildman–Crippen MR) is 107 cm³/mol. The molecule has 27 heavy (non-hydrogen) atoms. The molecule has 3 aromatic rings. The fraction of sp³-hybridized carbons (Fsp3) is 0.143. The number of carbonyl (C=O) groups is 2. The zero-order chi connectivity index (χ0) is 19.4. The van der Waals surface area contributed by atoms with Crippen molar-refractivity contribution in [2.24, 2.45) is 0 Å². The van der Waals surface area contributed by atoms with Crippen LogP contribution in [0.5, 0.6) is 5.75 Å². The molecule has 0 aliphatic rings. The maximum Gasteiger partial charge on any atom is 0.270 e. The molecule has 0 radical (unpaired) electrons. The quantitative estimate of drug-likeness (QED) is 0.497. The Morgan fingerprint density at radius 1 is 1.04 bits per heavy atom. The van der Waals surface area contributed by atoms with E-state index in [1.165, 1.54) is 11.8 Å². The van der Waals surface area contributed by atoms with E-state index in [0.29, 0.717) is 16.8 Å². The van der Waals surface area contributed by atoms with E-state index in [4.69, 9.17) is 0 Å². The molecule has 0 aliphatic heterocycles. The molecule has 0 saturated heterocycles. The predicted octanol–water partition coefficient (Wildman–Crippen LogP) is 4.17. The number of rotatable bonds is 6. The first-order chi connectivity index (χ1) is 13.0. The molecule has 2 N–H and O–H groups in total. The molecule has 0 bridgehead atoms. The Labute approximate surface area is 162 Å². The van der Waals surface area contributed by atoms with Gasteiger partial charge in [-0.3, -0.25) is 19.7 Å². The normalized spacial score (nSPS) is 10.6. The van der Waals surface area contributed by atoms with Crippen LogP contribution in [0.4, 0.5) is 0 Å². The highest BCUT2D eigenvalue weighted by Crippen LogP contribution is 2.23. The van der Waals surface area contributed by atoms with E-state index in [0.717, 1.165) is 10.6 Å². The molecule has 1 aromatic heterocycles. The number of carbonyl (C=O) groups excluding carboxylic acids is 2. The second-order valence-electron chi connectivity index (χ2n) is 6.13. The third kappa shape index (κ3) is 4.41. The number of hydrogen-bond donors (Lipinski definition) is 2. The first-order valence-electron chi connectivity index (χ1n) is 8.46. The van der Waals surface area contributed by atoms with Crippen LogP contribution in [0.3, 0.4) is 0 Å². The van der Waals surface area contributed by atoms with Gasteiger partial charge in [-0.1, -0.05) is 18.2 Å². The molecule has 2 aromatic carbocycles. The Kier molecular flexibility index (Phi) is 5.66. The molecule has 0 saturated carbocycles. The number of nitrogens with zero attached hydrogens (tertiary/aromatic N) is 1. The van der Waals surface area contributed by atoms with Crippen LogP contribution < -0.4 is 5.43 Å². The molecular weight excluding hydrogens is 360 g/mol. The van der Waals surface area contributed by atoms with Crippen LogP contribution in [0.25, 0.3) is 0 Å². The van der Waals surface area contributed by atoms with Crippen molar-refractivity contribution in [1.29, 1.82) is 0 Å². The Bertz CT molecular complexity index is 963. The number of aromatic hydroxyl groups is 1. The molecule has 0 fully saturated rings. The van der Waals surface area contributed by atoms with Gasteiger partial charge >= 0.3 is 0 Å². The summed E-state index contributed by atoms with van der Waals surface area (Å²) < 4.78 is 1.65. The maximum atomic E-state index is 12.6. The smallest absolute Gasteiger partial charge is 0.270 e. The van der Waals surface area contributed by atoms with Gasteiger partial charge in [-0.25, -0.2) is 0 Å².